The van der Waals surface area contributed by atoms with Crippen molar-refractivity contribution in [3.8, 4) is 0 Å². The lowest BCUT2D eigenvalue weighted by Crippen LogP contribution is -2.43. The van der Waals surface area contributed by atoms with Gasteiger partial charge < -0.3 is 20.1 Å². The average molecular weight is 491 g/mol. The molecule has 2 N–H and O–H groups in total. The summed E-state index contributed by atoms with van der Waals surface area (Å²) < 4.78 is 27.7. The molecule has 9 heteroatoms. The van der Waals surface area contributed by atoms with Gasteiger partial charge >= 0.3 is 0 Å². The number of benzene rings is 2. The Balaban J connectivity index is 1.37. The second-order valence-corrected chi connectivity index (χ2v) is 10.9. The monoisotopic (exact) mass is 490 g/mol. The zero-order valence-electron chi connectivity index (χ0n) is 20.0. The molecule has 4 aromatic rings. The highest BCUT2D eigenvalue weighted by atomic mass is 32.2. The minimum Gasteiger partial charge on any atom is -0.369 e. The first-order chi connectivity index (χ1) is 16.9. The molecule has 1 aliphatic heterocycles. The second kappa shape index (κ2) is 9.59. The summed E-state index contributed by atoms with van der Waals surface area (Å²) in [6.45, 7) is 4.61. The van der Waals surface area contributed by atoms with E-state index in [1.54, 1.807) is 7.05 Å². The maximum atomic E-state index is 12.1. The van der Waals surface area contributed by atoms with Crippen LogP contribution in [0.15, 0.2) is 73.1 Å². The Hall–Kier alpha value is -3.56. The lowest BCUT2D eigenvalue weighted by Gasteiger charge is -2.29. The van der Waals surface area contributed by atoms with Crippen molar-refractivity contribution in [1.29, 1.82) is 0 Å². The van der Waals surface area contributed by atoms with Gasteiger partial charge in [-0.2, -0.15) is 0 Å². The van der Waals surface area contributed by atoms with Crippen LogP contribution in [0.1, 0.15) is 5.56 Å². The summed E-state index contributed by atoms with van der Waals surface area (Å²) in [4.78, 5) is 6.97. The number of para-hydroxylation sites is 1. The Bertz CT molecular complexity index is 1430. The lowest BCUT2D eigenvalue weighted by atomic mass is 10.1. The van der Waals surface area contributed by atoms with Crippen LogP contribution in [0.5, 0.6) is 0 Å². The third-order valence-corrected chi connectivity index (χ3v) is 7.64. The Labute approximate surface area is 206 Å². The van der Waals surface area contributed by atoms with E-state index in [1.165, 1.54) is 16.2 Å². The van der Waals surface area contributed by atoms with Crippen molar-refractivity contribution in [2.45, 2.75) is 6.54 Å². The number of pyridine rings is 1. The average Bonchev–Trinajstić information content (AvgIpc) is 3.26. The molecule has 35 heavy (non-hydrogen) atoms. The third kappa shape index (κ3) is 5.11. The molecule has 0 amide bonds. The predicted octanol–water partition coefficient (Wildman–Crippen LogP) is 3.63. The molecule has 5 rings (SSSR count). The van der Waals surface area contributed by atoms with E-state index in [4.69, 9.17) is 0 Å². The molecule has 0 atom stereocenters. The first-order valence-corrected chi connectivity index (χ1v) is 13.5. The van der Waals surface area contributed by atoms with Crippen LogP contribution < -0.4 is 19.8 Å². The van der Waals surface area contributed by atoms with Crippen molar-refractivity contribution < 1.29 is 8.42 Å². The van der Waals surface area contributed by atoms with Crippen molar-refractivity contribution >= 4 is 43.8 Å². The first kappa shape index (κ1) is 23.2. The van der Waals surface area contributed by atoms with E-state index < -0.39 is 10.0 Å². The Morgan fingerprint density at radius 2 is 1.80 bits per heavy atom. The molecule has 1 aliphatic rings. The number of sulfonamides is 1. The first-order valence-electron chi connectivity index (χ1n) is 11.7. The molecule has 182 valence electrons. The van der Waals surface area contributed by atoms with Crippen LogP contribution in [-0.2, 0) is 16.6 Å². The van der Waals surface area contributed by atoms with Crippen molar-refractivity contribution in [2.24, 2.45) is 0 Å². The zero-order valence-corrected chi connectivity index (χ0v) is 20.8. The molecule has 1 fully saturated rings. The molecule has 0 bridgehead atoms. The van der Waals surface area contributed by atoms with E-state index in [-0.39, 0.29) is 0 Å². The molecule has 0 aliphatic carbocycles. The van der Waals surface area contributed by atoms with Crippen molar-refractivity contribution in [1.82, 2.24) is 14.9 Å². The lowest BCUT2D eigenvalue weighted by molar-refractivity contribution is 0.589. The quantitative estimate of drug-likeness (QED) is 0.412. The van der Waals surface area contributed by atoms with Gasteiger partial charge in [-0.05, 0) is 42.0 Å². The fourth-order valence-electron chi connectivity index (χ4n) is 4.43. The van der Waals surface area contributed by atoms with Crippen LogP contribution in [0.3, 0.4) is 0 Å². The fraction of sp³-hybridized carbons (Fsp3) is 0.269. The van der Waals surface area contributed by atoms with E-state index in [1.807, 2.05) is 48.8 Å². The number of hydrogen-bond acceptors (Lipinski definition) is 6. The van der Waals surface area contributed by atoms with Crippen LogP contribution in [0, 0.1) is 0 Å². The Morgan fingerprint density at radius 1 is 1.06 bits per heavy atom. The largest absolute Gasteiger partial charge is 0.369 e. The highest BCUT2D eigenvalue weighted by Crippen LogP contribution is 2.27. The van der Waals surface area contributed by atoms with Gasteiger partial charge in [-0.15, -0.1) is 0 Å². The van der Waals surface area contributed by atoms with Gasteiger partial charge in [0.1, 0.15) is 5.82 Å². The number of aromatic nitrogens is 2. The van der Waals surface area contributed by atoms with E-state index in [2.05, 4.69) is 49.4 Å². The van der Waals surface area contributed by atoms with Crippen molar-refractivity contribution in [3.63, 3.8) is 0 Å². The molecule has 8 nitrogen and oxygen atoms in total. The van der Waals surface area contributed by atoms with Crippen LogP contribution >= 0.6 is 0 Å². The van der Waals surface area contributed by atoms with Gasteiger partial charge in [-0.25, -0.2) is 13.4 Å². The maximum absolute atomic E-state index is 12.1. The fourth-order valence-corrected chi connectivity index (χ4v) is 4.97. The molecule has 0 radical (unpaired) electrons. The van der Waals surface area contributed by atoms with Gasteiger partial charge in [0.2, 0.25) is 10.0 Å². The number of nitrogens with one attached hydrogen (secondary N) is 2. The topological polar surface area (TPSA) is 82.5 Å². The van der Waals surface area contributed by atoms with Gasteiger partial charge in [0.05, 0.1) is 17.5 Å². The van der Waals surface area contributed by atoms with E-state index in [9.17, 15) is 8.42 Å². The van der Waals surface area contributed by atoms with Crippen LogP contribution in [0.2, 0.25) is 0 Å². The normalized spacial score (nSPS) is 14.3. The number of hydrogen-bond donors (Lipinski definition) is 2. The minimum atomic E-state index is -3.35. The molecule has 0 unspecified atom stereocenters. The summed E-state index contributed by atoms with van der Waals surface area (Å²) in [6, 6.07) is 20.1. The molecule has 3 heterocycles. The molecule has 2 aromatic carbocycles. The summed E-state index contributed by atoms with van der Waals surface area (Å²) in [5.41, 5.74) is 4.83. The number of fused-ring (bicyclic) bond motifs is 1. The van der Waals surface area contributed by atoms with Crippen LogP contribution in [0.25, 0.3) is 10.9 Å². The minimum absolute atomic E-state index is 0.544. The summed E-state index contributed by atoms with van der Waals surface area (Å²) in [5.74, 6) is 0.758. The second-order valence-electron chi connectivity index (χ2n) is 8.84. The summed E-state index contributed by atoms with van der Waals surface area (Å²) in [7, 11) is -1.77. The highest BCUT2D eigenvalue weighted by Gasteiger charge is 2.16. The molecule has 1 saturated heterocycles. The molecule has 0 spiro atoms. The van der Waals surface area contributed by atoms with Crippen molar-refractivity contribution in [2.75, 3.05) is 54.0 Å². The Morgan fingerprint density at radius 3 is 2.54 bits per heavy atom. The molecule has 0 saturated carbocycles. The number of anilines is 4. The molecular formula is C26H30N6O2S. The van der Waals surface area contributed by atoms with E-state index >= 15 is 0 Å². The third-order valence-electron chi connectivity index (χ3n) is 6.45. The smallest absolute Gasteiger partial charge is 0.232 e. The summed E-state index contributed by atoms with van der Waals surface area (Å²) >= 11 is 0. The number of piperazine rings is 1. The molecule has 2 aromatic heterocycles. The maximum Gasteiger partial charge on any atom is 0.232 e. The van der Waals surface area contributed by atoms with Gasteiger partial charge in [0.25, 0.3) is 0 Å². The van der Waals surface area contributed by atoms with E-state index in [0.717, 1.165) is 54.2 Å². The number of rotatable bonds is 7. The summed E-state index contributed by atoms with van der Waals surface area (Å²) in [6.07, 6.45) is 5.09. The molecular weight excluding hydrogens is 460 g/mol. The van der Waals surface area contributed by atoms with Gasteiger partial charge in [-0.3, -0.25) is 4.31 Å². The van der Waals surface area contributed by atoms with Crippen LogP contribution in [-0.4, -0.2) is 57.5 Å². The number of nitrogens with zero attached hydrogens (tertiary/aromatic N) is 4. The van der Waals surface area contributed by atoms with Crippen LogP contribution in [0.4, 0.5) is 22.9 Å². The van der Waals surface area contributed by atoms with Gasteiger partial charge in [0.15, 0.2) is 0 Å². The van der Waals surface area contributed by atoms with Gasteiger partial charge in [0, 0.05) is 75.0 Å². The standard InChI is InChI=1S/C26H30N6O2S/c1-30(35(2,33)34)24-6-4-3-5-21(24)19-32-14-11-20-18-28-26(17-25(20)32)29-22-7-9-23(10-8-22)31-15-12-27-13-16-31/h3-11,14,17-18,27H,12-13,15-16,19H2,1-2H3,(H,28,29). The van der Waals surface area contributed by atoms with Crippen molar-refractivity contribution in [3.05, 3.63) is 78.6 Å². The predicted molar refractivity (Wildman–Crippen MR) is 143 cm³/mol. The van der Waals surface area contributed by atoms with E-state index in [0.29, 0.717) is 12.2 Å². The SMILES string of the molecule is CN(c1ccccc1Cn1ccc2cnc(Nc3ccc(N4CCNCC4)cc3)cc21)S(C)(=O)=O. The highest BCUT2D eigenvalue weighted by molar-refractivity contribution is 7.92. The summed E-state index contributed by atoms with van der Waals surface area (Å²) in [5, 5.41) is 7.82. The Kier molecular flexibility index (Phi) is 6.36. The van der Waals surface area contributed by atoms with Gasteiger partial charge in [-0.1, -0.05) is 18.2 Å². The zero-order chi connectivity index (χ0) is 24.4.